The number of H-pyrrole nitrogens is 1. The molecule has 1 amide bonds. The predicted octanol–water partition coefficient (Wildman–Crippen LogP) is 2.31. The molecule has 2 N–H and O–H groups in total. The normalized spacial score (nSPS) is 14.4. The molecule has 0 spiro atoms. The first-order chi connectivity index (χ1) is 16.2. The standard InChI is InChI=1S/C23H24BN7O2/c1-33-24-31-12-10-30(11-13-31)21-6-7-25-15-20(21)29-23(32)19-5-9-27-22(28-19)17-2-3-18-16(14-17)4-8-26-18/h2-9,14-15,24,26H,10-13H2,1H3,(H,29,32). The van der Waals surface area contributed by atoms with Gasteiger partial charge in [0.15, 0.2) is 5.82 Å². The largest absolute Gasteiger partial charge is 0.427 e. The monoisotopic (exact) mass is 441 g/mol. The smallest absolute Gasteiger partial charge is 0.363 e. The molecule has 5 rings (SSSR count). The summed E-state index contributed by atoms with van der Waals surface area (Å²) in [6.45, 7) is 3.47. The fourth-order valence-corrected chi connectivity index (χ4v) is 4.06. The van der Waals surface area contributed by atoms with Gasteiger partial charge in [-0.15, -0.1) is 0 Å². The summed E-state index contributed by atoms with van der Waals surface area (Å²) in [5, 5.41) is 4.05. The number of piperazine rings is 1. The number of anilines is 2. The Labute approximate surface area is 192 Å². The van der Waals surface area contributed by atoms with Crippen molar-refractivity contribution in [1.82, 2.24) is 24.7 Å². The van der Waals surface area contributed by atoms with E-state index in [1.807, 2.05) is 36.5 Å². The van der Waals surface area contributed by atoms with Crippen molar-refractivity contribution in [2.45, 2.75) is 0 Å². The lowest BCUT2D eigenvalue weighted by atomic mass is 10.1. The molecule has 0 atom stereocenters. The number of amides is 1. The molecule has 9 nitrogen and oxygen atoms in total. The van der Waals surface area contributed by atoms with Crippen LogP contribution in [0.15, 0.2) is 61.2 Å². The van der Waals surface area contributed by atoms with Crippen molar-refractivity contribution in [3.63, 3.8) is 0 Å². The summed E-state index contributed by atoms with van der Waals surface area (Å²) < 4.78 is 5.23. The molecule has 4 heterocycles. The van der Waals surface area contributed by atoms with Crippen molar-refractivity contribution in [2.75, 3.05) is 43.5 Å². The highest BCUT2D eigenvalue weighted by molar-refractivity contribution is 6.23. The van der Waals surface area contributed by atoms with Gasteiger partial charge in [0.25, 0.3) is 5.91 Å². The third-order valence-corrected chi connectivity index (χ3v) is 5.77. The second-order valence-electron chi connectivity index (χ2n) is 7.91. The zero-order chi connectivity index (χ0) is 22.6. The molecule has 3 aromatic heterocycles. The molecule has 0 bridgehead atoms. The Morgan fingerprint density at radius 3 is 2.85 bits per heavy atom. The van der Waals surface area contributed by atoms with E-state index in [4.69, 9.17) is 4.65 Å². The van der Waals surface area contributed by atoms with Crippen LogP contribution in [0.1, 0.15) is 10.5 Å². The van der Waals surface area contributed by atoms with Gasteiger partial charge >= 0.3 is 7.62 Å². The number of hydrogen-bond donors (Lipinski definition) is 2. The fourth-order valence-electron chi connectivity index (χ4n) is 4.06. The summed E-state index contributed by atoms with van der Waals surface area (Å²) >= 11 is 0. The number of fused-ring (bicyclic) bond motifs is 1. The molecule has 33 heavy (non-hydrogen) atoms. The van der Waals surface area contributed by atoms with Crippen molar-refractivity contribution < 1.29 is 9.45 Å². The molecule has 166 valence electrons. The van der Waals surface area contributed by atoms with E-state index in [1.165, 1.54) is 0 Å². The second kappa shape index (κ2) is 9.39. The number of carbonyl (C=O) groups is 1. The van der Waals surface area contributed by atoms with Crippen LogP contribution in [-0.2, 0) is 4.65 Å². The van der Waals surface area contributed by atoms with Gasteiger partial charge in [-0.2, -0.15) is 0 Å². The van der Waals surface area contributed by atoms with E-state index >= 15 is 0 Å². The highest BCUT2D eigenvalue weighted by Gasteiger charge is 2.21. The molecule has 4 aromatic rings. The number of benzene rings is 1. The van der Waals surface area contributed by atoms with Crippen molar-refractivity contribution >= 4 is 35.8 Å². The highest BCUT2D eigenvalue weighted by Crippen LogP contribution is 2.26. The zero-order valence-corrected chi connectivity index (χ0v) is 18.4. The lowest BCUT2D eigenvalue weighted by Crippen LogP contribution is -2.48. The number of aromatic amines is 1. The maximum absolute atomic E-state index is 13.1. The first-order valence-electron chi connectivity index (χ1n) is 10.8. The predicted molar refractivity (Wildman–Crippen MR) is 129 cm³/mol. The van der Waals surface area contributed by atoms with Gasteiger partial charge in [0.2, 0.25) is 0 Å². The van der Waals surface area contributed by atoms with Crippen molar-refractivity contribution in [3.05, 3.63) is 66.9 Å². The molecule has 0 unspecified atom stereocenters. The zero-order valence-electron chi connectivity index (χ0n) is 18.4. The average Bonchev–Trinajstić information content (AvgIpc) is 3.33. The Morgan fingerprint density at radius 2 is 2.00 bits per heavy atom. The minimum Gasteiger partial charge on any atom is -0.427 e. The van der Waals surface area contributed by atoms with E-state index in [0.717, 1.165) is 48.3 Å². The second-order valence-corrected chi connectivity index (χ2v) is 7.91. The lowest BCUT2D eigenvalue weighted by Gasteiger charge is -2.36. The summed E-state index contributed by atoms with van der Waals surface area (Å²) in [4.78, 5) is 33.8. The average molecular weight is 441 g/mol. The molecule has 1 saturated heterocycles. The topological polar surface area (TPSA) is 99.3 Å². The van der Waals surface area contributed by atoms with Crippen LogP contribution < -0.4 is 10.2 Å². The Hall–Kier alpha value is -3.76. The molecule has 1 fully saturated rings. The van der Waals surface area contributed by atoms with Gasteiger partial charge in [-0.25, -0.2) is 9.97 Å². The van der Waals surface area contributed by atoms with Gasteiger partial charge in [0.05, 0.1) is 17.6 Å². The van der Waals surface area contributed by atoms with Crippen LogP contribution in [0.3, 0.4) is 0 Å². The quantitative estimate of drug-likeness (QED) is 0.443. The summed E-state index contributed by atoms with van der Waals surface area (Å²) in [6, 6.07) is 11.5. The van der Waals surface area contributed by atoms with E-state index in [-0.39, 0.29) is 5.91 Å². The number of rotatable bonds is 6. The van der Waals surface area contributed by atoms with Gasteiger partial charge in [0.1, 0.15) is 5.69 Å². The summed E-state index contributed by atoms with van der Waals surface area (Å²) in [6.07, 6.45) is 6.92. The van der Waals surface area contributed by atoms with Gasteiger partial charge in [-0.1, -0.05) is 0 Å². The lowest BCUT2D eigenvalue weighted by molar-refractivity contribution is 0.102. The van der Waals surface area contributed by atoms with E-state index in [1.54, 1.807) is 31.8 Å². The SMILES string of the molecule is COBN1CCN(c2ccncc2NC(=O)c2ccnc(-c3ccc4[nH]ccc4c3)n2)CC1. The Bertz CT molecular complexity index is 1270. The van der Waals surface area contributed by atoms with E-state index in [0.29, 0.717) is 24.8 Å². The Kier molecular flexibility index (Phi) is 6.01. The molecule has 0 aliphatic carbocycles. The van der Waals surface area contributed by atoms with Crippen LogP contribution >= 0.6 is 0 Å². The molecular formula is C23H24BN7O2. The van der Waals surface area contributed by atoms with Crippen molar-refractivity contribution in [3.8, 4) is 11.4 Å². The van der Waals surface area contributed by atoms with E-state index < -0.39 is 0 Å². The number of nitrogens with zero attached hydrogens (tertiary/aromatic N) is 5. The fraction of sp³-hybridized carbons (Fsp3) is 0.217. The number of nitrogens with one attached hydrogen (secondary N) is 2. The Morgan fingerprint density at radius 1 is 1.12 bits per heavy atom. The van der Waals surface area contributed by atoms with Crippen LogP contribution in [0.4, 0.5) is 11.4 Å². The van der Waals surface area contributed by atoms with Gasteiger partial charge in [0, 0.05) is 68.3 Å². The number of hydrogen-bond acceptors (Lipinski definition) is 7. The minimum absolute atomic E-state index is 0.298. The van der Waals surface area contributed by atoms with Crippen LogP contribution in [0.2, 0.25) is 0 Å². The molecule has 0 radical (unpaired) electrons. The van der Waals surface area contributed by atoms with E-state index in [2.05, 4.69) is 35.0 Å². The molecular weight excluding hydrogens is 417 g/mol. The molecule has 0 saturated carbocycles. The van der Waals surface area contributed by atoms with Crippen molar-refractivity contribution in [2.24, 2.45) is 0 Å². The van der Waals surface area contributed by atoms with Crippen LogP contribution in [0.25, 0.3) is 22.3 Å². The molecule has 10 heteroatoms. The van der Waals surface area contributed by atoms with Gasteiger partial charge < -0.3 is 24.7 Å². The number of aromatic nitrogens is 4. The van der Waals surface area contributed by atoms with Gasteiger partial charge in [-0.05, 0) is 36.4 Å². The maximum Gasteiger partial charge on any atom is 0.363 e. The number of carbonyl (C=O) groups excluding carboxylic acids is 1. The van der Waals surface area contributed by atoms with Crippen LogP contribution in [0.5, 0.6) is 0 Å². The van der Waals surface area contributed by atoms with Gasteiger partial charge in [-0.3, -0.25) is 9.78 Å². The third kappa shape index (κ3) is 4.57. The molecule has 1 aromatic carbocycles. The maximum atomic E-state index is 13.1. The molecule has 1 aliphatic rings. The minimum atomic E-state index is -0.298. The highest BCUT2D eigenvalue weighted by atomic mass is 16.4. The molecule has 1 aliphatic heterocycles. The van der Waals surface area contributed by atoms with E-state index in [9.17, 15) is 4.79 Å². The Balaban J connectivity index is 1.34. The summed E-state index contributed by atoms with van der Waals surface area (Å²) in [5.74, 6) is 0.208. The number of pyridine rings is 1. The summed E-state index contributed by atoms with van der Waals surface area (Å²) in [5.41, 5.74) is 3.81. The first kappa shape index (κ1) is 21.1. The van der Waals surface area contributed by atoms with Crippen LogP contribution in [-0.4, -0.2) is 71.6 Å². The summed E-state index contributed by atoms with van der Waals surface area (Å²) in [7, 11) is 2.33. The van der Waals surface area contributed by atoms with Crippen molar-refractivity contribution in [1.29, 1.82) is 0 Å². The first-order valence-corrected chi connectivity index (χ1v) is 10.8. The third-order valence-electron chi connectivity index (χ3n) is 5.77. The van der Waals surface area contributed by atoms with Crippen LogP contribution in [0, 0.1) is 0 Å².